The van der Waals surface area contributed by atoms with Crippen molar-refractivity contribution >= 4 is 17.6 Å². The number of fused-ring (bicyclic) bond motifs is 1. The predicted octanol–water partition coefficient (Wildman–Crippen LogP) is 2.03. The molecule has 1 fully saturated rings. The minimum atomic E-state index is -0.939. The summed E-state index contributed by atoms with van der Waals surface area (Å²) >= 11 is 0. The number of hydrogen-bond donors (Lipinski definition) is 2. The van der Waals surface area contributed by atoms with E-state index in [4.69, 9.17) is 5.11 Å². The lowest BCUT2D eigenvalue weighted by atomic mass is 9.74. The number of carboxylic acid groups (broad SMARTS) is 1. The smallest absolute Gasteiger partial charge is 0.335 e. The van der Waals surface area contributed by atoms with Crippen LogP contribution < -0.4 is 5.43 Å². The van der Waals surface area contributed by atoms with Crippen LogP contribution in [0.2, 0.25) is 0 Å². The van der Waals surface area contributed by atoms with Crippen molar-refractivity contribution in [2.45, 2.75) is 25.7 Å². The molecule has 0 aromatic heterocycles. The summed E-state index contributed by atoms with van der Waals surface area (Å²) in [5.41, 5.74) is 4.63. The van der Waals surface area contributed by atoms with Gasteiger partial charge in [-0.25, -0.2) is 10.2 Å². The fraction of sp³-hybridized carbons (Fsp3) is 0.400. The quantitative estimate of drug-likeness (QED) is 0.864. The third-order valence-electron chi connectivity index (χ3n) is 4.17. The average molecular weight is 272 g/mol. The summed E-state index contributed by atoms with van der Waals surface area (Å²) in [5, 5.41) is 13.1. The van der Waals surface area contributed by atoms with Crippen molar-refractivity contribution < 1.29 is 14.7 Å². The molecule has 3 rings (SSSR count). The molecule has 1 aromatic rings. The summed E-state index contributed by atoms with van der Waals surface area (Å²) in [5.74, 6) is -0.754. The highest BCUT2D eigenvalue weighted by atomic mass is 16.4. The van der Waals surface area contributed by atoms with Crippen molar-refractivity contribution in [1.82, 2.24) is 5.43 Å². The van der Waals surface area contributed by atoms with Gasteiger partial charge in [-0.1, -0.05) is 25.0 Å². The number of carbonyl (C=O) groups excluding carboxylic acids is 1. The van der Waals surface area contributed by atoms with E-state index < -0.39 is 5.97 Å². The summed E-state index contributed by atoms with van der Waals surface area (Å²) < 4.78 is 0. The molecule has 0 spiro atoms. The Labute approximate surface area is 116 Å². The molecule has 2 aliphatic rings. The number of nitrogens with one attached hydrogen (secondary N) is 1. The molecule has 1 saturated carbocycles. The van der Waals surface area contributed by atoms with Gasteiger partial charge >= 0.3 is 5.97 Å². The van der Waals surface area contributed by atoms with Gasteiger partial charge in [0.15, 0.2) is 0 Å². The number of nitrogens with zero attached hydrogens (tertiary/aromatic N) is 1. The molecule has 2 N–H and O–H groups in total. The molecule has 0 unspecified atom stereocenters. The Bertz CT molecular complexity index is 577. The van der Waals surface area contributed by atoms with Crippen LogP contribution in [0.15, 0.2) is 29.4 Å². The fourth-order valence-electron chi connectivity index (χ4n) is 3.12. The first kappa shape index (κ1) is 12.8. The van der Waals surface area contributed by atoms with E-state index in [1.54, 1.807) is 24.3 Å². The topological polar surface area (TPSA) is 78.8 Å². The van der Waals surface area contributed by atoms with Crippen molar-refractivity contribution in [3.63, 3.8) is 0 Å². The highest BCUT2D eigenvalue weighted by molar-refractivity contribution is 6.07. The van der Waals surface area contributed by atoms with E-state index >= 15 is 0 Å². The minimum Gasteiger partial charge on any atom is -0.478 e. The summed E-state index contributed by atoms with van der Waals surface area (Å²) in [7, 11) is 0. The lowest BCUT2D eigenvalue weighted by Gasteiger charge is -2.34. The Kier molecular flexibility index (Phi) is 3.26. The molecule has 20 heavy (non-hydrogen) atoms. The molecular formula is C15H16N2O3. The highest BCUT2D eigenvalue weighted by Crippen LogP contribution is 2.35. The normalized spacial score (nSPS) is 25.4. The maximum Gasteiger partial charge on any atom is 0.335 e. The van der Waals surface area contributed by atoms with Crippen LogP contribution in [0.3, 0.4) is 0 Å². The summed E-state index contributed by atoms with van der Waals surface area (Å²) in [6.07, 6.45) is 4.07. The van der Waals surface area contributed by atoms with E-state index in [0.29, 0.717) is 0 Å². The van der Waals surface area contributed by atoms with Crippen molar-refractivity contribution in [1.29, 1.82) is 0 Å². The second-order valence-corrected chi connectivity index (χ2v) is 5.35. The van der Waals surface area contributed by atoms with Gasteiger partial charge in [-0.05, 0) is 30.5 Å². The molecule has 1 aromatic carbocycles. The second kappa shape index (κ2) is 5.07. The van der Waals surface area contributed by atoms with Crippen LogP contribution in [0.4, 0.5) is 0 Å². The van der Waals surface area contributed by atoms with E-state index in [9.17, 15) is 9.59 Å². The molecule has 0 radical (unpaired) electrons. The Balaban J connectivity index is 1.92. The number of hydrogen-bond acceptors (Lipinski definition) is 3. The fourth-order valence-corrected chi connectivity index (χ4v) is 3.12. The first-order chi connectivity index (χ1) is 9.66. The molecule has 1 heterocycles. The van der Waals surface area contributed by atoms with Gasteiger partial charge in [0.05, 0.1) is 11.3 Å². The molecule has 1 amide bonds. The standard InChI is InChI=1S/C15H16N2O3/c18-14-12-4-2-1-3-11(12)13(16-17-14)9-5-7-10(8-6-9)15(19)20/h5-8,11-12H,1-4H2,(H,17,18)(H,19,20)/t11-,12+/m0/s1. The zero-order valence-corrected chi connectivity index (χ0v) is 11.0. The molecule has 0 saturated heterocycles. The van der Waals surface area contributed by atoms with E-state index in [0.717, 1.165) is 37.0 Å². The van der Waals surface area contributed by atoms with Gasteiger partial charge in [0.2, 0.25) is 5.91 Å². The van der Waals surface area contributed by atoms with Gasteiger partial charge in [-0.2, -0.15) is 5.10 Å². The monoisotopic (exact) mass is 272 g/mol. The third-order valence-corrected chi connectivity index (χ3v) is 4.17. The van der Waals surface area contributed by atoms with E-state index in [1.165, 1.54) is 0 Å². The highest BCUT2D eigenvalue weighted by Gasteiger charge is 2.37. The largest absolute Gasteiger partial charge is 0.478 e. The zero-order valence-electron chi connectivity index (χ0n) is 11.0. The SMILES string of the molecule is O=C(O)c1ccc(C2=NNC(=O)[C@@H]3CCCC[C@H]23)cc1. The van der Waals surface area contributed by atoms with E-state index in [1.807, 2.05) is 0 Å². The van der Waals surface area contributed by atoms with Crippen LogP contribution in [0.25, 0.3) is 0 Å². The van der Waals surface area contributed by atoms with Crippen LogP contribution in [-0.2, 0) is 4.79 Å². The van der Waals surface area contributed by atoms with Gasteiger partial charge in [-0.15, -0.1) is 0 Å². The van der Waals surface area contributed by atoms with Crippen molar-refractivity contribution in [2.75, 3.05) is 0 Å². The molecule has 1 aliphatic carbocycles. The van der Waals surface area contributed by atoms with Crippen molar-refractivity contribution in [3.8, 4) is 0 Å². The average Bonchev–Trinajstić information content (AvgIpc) is 2.48. The van der Waals surface area contributed by atoms with Gasteiger partial charge < -0.3 is 5.11 Å². The maximum atomic E-state index is 11.9. The van der Waals surface area contributed by atoms with Gasteiger partial charge in [0.25, 0.3) is 0 Å². The molecule has 0 bridgehead atoms. The minimum absolute atomic E-state index is 0.00963. The van der Waals surface area contributed by atoms with E-state index in [-0.39, 0.29) is 23.3 Å². The molecular weight excluding hydrogens is 256 g/mol. The van der Waals surface area contributed by atoms with Gasteiger partial charge in [0, 0.05) is 11.8 Å². The summed E-state index contributed by atoms with van der Waals surface area (Å²) in [4.78, 5) is 22.7. The Hall–Kier alpha value is -2.17. The number of hydrazone groups is 1. The second-order valence-electron chi connectivity index (χ2n) is 5.35. The Morgan fingerprint density at radius 1 is 1.15 bits per heavy atom. The van der Waals surface area contributed by atoms with Crippen molar-refractivity contribution in [2.24, 2.45) is 16.9 Å². The lowest BCUT2D eigenvalue weighted by Crippen LogP contribution is -2.43. The van der Waals surface area contributed by atoms with Gasteiger partial charge in [0.1, 0.15) is 0 Å². The van der Waals surface area contributed by atoms with Crippen LogP contribution in [-0.4, -0.2) is 22.7 Å². The maximum absolute atomic E-state index is 11.9. The lowest BCUT2D eigenvalue weighted by molar-refractivity contribution is -0.127. The van der Waals surface area contributed by atoms with Crippen molar-refractivity contribution in [3.05, 3.63) is 35.4 Å². The zero-order chi connectivity index (χ0) is 14.1. The third kappa shape index (κ3) is 2.19. The Morgan fingerprint density at radius 3 is 2.45 bits per heavy atom. The van der Waals surface area contributed by atoms with Crippen LogP contribution >= 0.6 is 0 Å². The Morgan fingerprint density at radius 2 is 1.80 bits per heavy atom. The summed E-state index contributed by atoms with van der Waals surface area (Å²) in [6.45, 7) is 0. The first-order valence-electron chi connectivity index (χ1n) is 6.88. The van der Waals surface area contributed by atoms with Crippen LogP contribution in [0.1, 0.15) is 41.6 Å². The van der Waals surface area contributed by atoms with Gasteiger partial charge in [-0.3, -0.25) is 4.79 Å². The molecule has 5 heteroatoms. The number of carboxylic acids is 1. The number of aromatic carboxylic acids is 1. The number of benzene rings is 1. The molecule has 5 nitrogen and oxygen atoms in total. The molecule has 1 aliphatic heterocycles. The summed E-state index contributed by atoms with van der Waals surface area (Å²) in [6, 6.07) is 6.69. The number of rotatable bonds is 2. The molecule has 2 atom stereocenters. The van der Waals surface area contributed by atoms with Crippen LogP contribution in [0, 0.1) is 11.8 Å². The van der Waals surface area contributed by atoms with E-state index in [2.05, 4.69) is 10.5 Å². The van der Waals surface area contributed by atoms with Crippen LogP contribution in [0.5, 0.6) is 0 Å². The number of carbonyl (C=O) groups is 2. The number of amides is 1. The molecule has 104 valence electrons. The first-order valence-corrected chi connectivity index (χ1v) is 6.88. The predicted molar refractivity (Wildman–Crippen MR) is 73.5 cm³/mol.